The largest absolute Gasteiger partial charge is 0.327 e. The van der Waals surface area contributed by atoms with Crippen molar-refractivity contribution in [2.24, 2.45) is 12.5 Å². The highest BCUT2D eigenvalue weighted by Gasteiger charge is 2.17. The fraction of sp³-hybridized carbons (Fsp3) is 0.667. The molecule has 0 atom stereocenters. The number of aromatic nitrogens is 2. The van der Waals surface area contributed by atoms with Gasteiger partial charge in [-0.05, 0) is 5.41 Å². The van der Waals surface area contributed by atoms with E-state index in [1.54, 1.807) is 22.4 Å². The van der Waals surface area contributed by atoms with Crippen LogP contribution in [0.3, 0.4) is 0 Å². The summed E-state index contributed by atoms with van der Waals surface area (Å²) in [4.78, 5) is 11.5. The van der Waals surface area contributed by atoms with Crippen LogP contribution in [0, 0.1) is 5.41 Å². The van der Waals surface area contributed by atoms with Crippen LogP contribution in [0.15, 0.2) is 17.2 Å². The van der Waals surface area contributed by atoms with Crippen LogP contribution >= 0.6 is 15.9 Å². The lowest BCUT2D eigenvalue weighted by molar-refractivity contribution is 0.348. The Balaban J connectivity index is 2.87. The van der Waals surface area contributed by atoms with Gasteiger partial charge in [0.25, 0.3) is 0 Å². The molecule has 4 heteroatoms. The van der Waals surface area contributed by atoms with Crippen LogP contribution in [0.2, 0.25) is 0 Å². The number of alkyl halides is 1. The van der Waals surface area contributed by atoms with E-state index >= 15 is 0 Å². The molecule has 0 fully saturated rings. The molecule has 1 aromatic heterocycles. The van der Waals surface area contributed by atoms with E-state index < -0.39 is 0 Å². The molecule has 74 valence electrons. The maximum atomic E-state index is 11.5. The Morgan fingerprint density at radius 1 is 1.46 bits per heavy atom. The molecule has 0 amide bonds. The Labute approximate surface area is 86.5 Å². The van der Waals surface area contributed by atoms with Crippen LogP contribution < -0.4 is 5.69 Å². The molecule has 0 bridgehead atoms. The lowest BCUT2D eigenvalue weighted by Crippen LogP contribution is -2.29. The smallest absolute Gasteiger partial charge is 0.302 e. The average molecular weight is 247 g/mol. The van der Waals surface area contributed by atoms with Gasteiger partial charge < -0.3 is 4.57 Å². The molecule has 0 radical (unpaired) electrons. The third-order valence-electron chi connectivity index (χ3n) is 1.98. The van der Waals surface area contributed by atoms with Crippen molar-refractivity contribution in [1.29, 1.82) is 0 Å². The Kier molecular flexibility index (Phi) is 3.01. The van der Waals surface area contributed by atoms with Crippen LogP contribution in [0.1, 0.15) is 13.8 Å². The summed E-state index contributed by atoms with van der Waals surface area (Å²) in [5.74, 6) is 0. The number of rotatable bonds is 3. The fourth-order valence-electron chi connectivity index (χ4n) is 1.13. The van der Waals surface area contributed by atoms with Crippen LogP contribution in [0.5, 0.6) is 0 Å². The lowest BCUT2D eigenvalue weighted by atomic mass is 9.97. The maximum absolute atomic E-state index is 11.5. The molecule has 0 aliphatic rings. The molecular weight excluding hydrogens is 232 g/mol. The van der Waals surface area contributed by atoms with Gasteiger partial charge in [-0.1, -0.05) is 29.8 Å². The first-order chi connectivity index (χ1) is 5.96. The molecular formula is C9H15BrN2O. The molecule has 0 spiro atoms. The lowest BCUT2D eigenvalue weighted by Gasteiger charge is -2.21. The Hall–Kier alpha value is -0.510. The second-order valence-electron chi connectivity index (χ2n) is 4.12. The minimum absolute atomic E-state index is 0.0500. The van der Waals surface area contributed by atoms with Gasteiger partial charge in [-0.25, -0.2) is 4.79 Å². The molecule has 0 unspecified atom stereocenters. The first-order valence-corrected chi connectivity index (χ1v) is 5.36. The molecule has 0 aliphatic carbocycles. The van der Waals surface area contributed by atoms with Crippen molar-refractivity contribution in [2.45, 2.75) is 20.4 Å². The Morgan fingerprint density at radius 3 is 2.46 bits per heavy atom. The zero-order valence-corrected chi connectivity index (χ0v) is 9.84. The molecule has 0 aromatic carbocycles. The van der Waals surface area contributed by atoms with E-state index in [0.717, 1.165) is 11.9 Å². The third-order valence-corrected chi connectivity index (χ3v) is 3.50. The van der Waals surface area contributed by atoms with Crippen molar-refractivity contribution in [2.75, 3.05) is 5.33 Å². The van der Waals surface area contributed by atoms with E-state index in [0.29, 0.717) is 0 Å². The van der Waals surface area contributed by atoms with Gasteiger partial charge in [0.2, 0.25) is 0 Å². The van der Waals surface area contributed by atoms with Gasteiger partial charge in [0, 0.05) is 31.3 Å². The normalized spacial score (nSPS) is 12.0. The topological polar surface area (TPSA) is 26.9 Å². The van der Waals surface area contributed by atoms with Crippen molar-refractivity contribution >= 4 is 15.9 Å². The van der Waals surface area contributed by atoms with Gasteiger partial charge in [0.1, 0.15) is 0 Å². The number of imidazole rings is 1. The third kappa shape index (κ3) is 2.46. The number of halogens is 1. The van der Waals surface area contributed by atoms with Crippen molar-refractivity contribution in [3.8, 4) is 0 Å². The summed E-state index contributed by atoms with van der Waals surface area (Å²) in [6.45, 7) is 5.00. The van der Waals surface area contributed by atoms with E-state index in [1.165, 1.54) is 0 Å². The summed E-state index contributed by atoms with van der Waals surface area (Å²) >= 11 is 3.44. The SMILES string of the molecule is Cn1ccn(CC(C)(C)CBr)c1=O. The molecule has 0 saturated heterocycles. The molecule has 1 rings (SSSR count). The van der Waals surface area contributed by atoms with E-state index in [4.69, 9.17) is 0 Å². The molecule has 3 nitrogen and oxygen atoms in total. The number of hydrogen-bond donors (Lipinski definition) is 0. The fourth-order valence-corrected chi connectivity index (χ4v) is 1.31. The number of hydrogen-bond acceptors (Lipinski definition) is 1. The Bertz CT molecular complexity index is 338. The predicted octanol–water partition coefficient (Wildman–Crippen LogP) is 1.61. The molecule has 0 saturated carbocycles. The summed E-state index contributed by atoms with van der Waals surface area (Å²) in [7, 11) is 1.76. The second-order valence-corrected chi connectivity index (χ2v) is 4.68. The highest BCUT2D eigenvalue weighted by atomic mass is 79.9. The van der Waals surface area contributed by atoms with Gasteiger partial charge in [0.05, 0.1) is 0 Å². The average Bonchev–Trinajstić information content (AvgIpc) is 2.36. The first kappa shape index (κ1) is 10.6. The van der Waals surface area contributed by atoms with Gasteiger partial charge in [0.15, 0.2) is 0 Å². The molecule has 1 heterocycles. The predicted molar refractivity (Wildman–Crippen MR) is 57.2 cm³/mol. The number of nitrogens with zero attached hydrogens (tertiary/aromatic N) is 2. The molecule has 0 N–H and O–H groups in total. The van der Waals surface area contributed by atoms with Crippen LogP contribution in [-0.4, -0.2) is 14.5 Å². The summed E-state index contributed by atoms with van der Waals surface area (Å²) in [6, 6.07) is 0. The van der Waals surface area contributed by atoms with Gasteiger partial charge in [-0.15, -0.1) is 0 Å². The van der Waals surface area contributed by atoms with Crippen molar-refractivity contribution in [1.82, 2.24) is 9.13 Å². The van der Waals surface area contributed by atoms with Crippen LogP contribution in [-0.2, 0) is 13.6 Å². The summed E-state index contributed by atoms with van der Waals surface area (Å²) in [6.07, 6.45) is 3.61. The monoisotopic (exact) mass is 246 g/mol. The van der Waals surface area contributed by atoms with Crippen molar-refractivity contribution in [3.05, 3.63) is 22.9 Å². The molecule has 0 aliphatic heterocycles. The zero-order valence-electron chi connectivity index (χ0n) is 8.25. The summed E-state index contributed by atoms with van der Waals surface area (Å²) in [5.41, 5.74) is 0.166. The highest BCUT2D eigenvalue weighted by molar-refractivity contribution is 9.09. The summed E-state index contributed by atoms with van der Waals surface area (Å²) in [5, 5.41) is 0.890. The van der Waals surface area contributed by atoms with Crippen molar-refractivity contribution in [3.63, 3.8) is 0 Å². The molecule has 1 aromatic rings. The van der Waals surface area contributed by atoms with E-state index in [2.05, 4.69) is 29.8 Å². The first-order valence-electron chi connectivity index (χ1n) is 4.24. The zero-order chi connectivity index (χ0) is 10.1. The van der Waals surface area contributed by atoms with Gasteiger partial charge >= 0.3 is 5.69 Å². The van der Waals surface area contributed by atoms with Gasteiger partial charge in [-0.2, -0.15) is 0 Å². The number of aryl methyl sites for hydroxylation is 1. The van der Waals surface area contributed by atoms with Crippen LogP contribution in [0.25, 0.3) is 0 Å². The summed E-state index contributed by atoms with van der Waals surface area (Å²) < 4.78 is 3.32. The van der Waals surface area contributed by atoms with Gasteiger partial charge in [-0.3, -0.25) is 4.57 Å². The minimum atomic E-state index is 0.0500. The maximum Gasteiger partial charge on any atom is 0.327 e. The van der Waals surface area contributed by atoms with E-state index in [-0.39, 0.29) is 11.1 Å². The highest BCUT2D eigenvalue weighted by Crippen LogP contribution is 2.19. The van der Waals surface area contributed by atoms with E-state index in [9.17, 15) is 4.79 Å². The quantitative estimate of drug-likeness (QED) is 0.745. The minimum Gasteiger partial charge on any atom is -0.302 e. The Morgan fingerprint density at radius 2 is 2.08 bits per heavy atom. The van der Waals surface area contributed by atoms with Crippen molar-refractivity contribution < 1.29 is 0 Å². The van der Waals surface area contributed by atoms with E-state index in [1.807, 2.05) is 6.20 Å². The second kappa shape index (κ2) is 3.70. The van der Waals surface area contributed by atoms with Crippen LogP contribution in [0.4, 0.5) is 0 Å². The molecule has 13 heavy (non-hydrogen) atoms. The standard InChI is InChI=1S/C9H15BrN2O/c1-9(2,6-10)7-12-5-4-11(3)8(12)13/h4-5H,6-7H2,1-3H3.